The summed E-state index contributed by atoms with van der Waals surface area (Å²) in [5.41, 5.74) is 0. The summed E-state index contributed by atoms with van der Waals surface area (Å²) in [6.45, 7) is 19.1. The molecule has 0 aromatic heterocycles. The van der Waals surface area contributed by atoms with Gasteiger partial charge in [0.1, 0.15) is 0 Å². The topological polar surface area (TPSA) is 27.7 Å². The zero-order chi connectivity index (χ0) is 23.2. The van der Waals surface area contributed by atoms with Crippen molar-refractivity contribution in [1.29, 1.82) is 0 Å². The van der Waals surface area contributed by atoms with Crippen molar-refractivity contribution in [3.8, 4) is 0 Å². The molecule has 2 aromatic carbocycles. The highest BCUT2D eigenvalue weighted by molar-refractivity contribution is 6.98. The minimum absolute atomic E-state index is 0.720. The molecule has 0 aliphatic heterocycles. The second-order valence-corrected chi connectivity index (χ2v) is 27.9. The Labute approximate surface area is 194 Å². The first-order valence-electron chi connectivity index (χ1n) is 11.5. The van der Waals surface area contributed by atoms with Gasteiger partial charge in [-0.05, 0) is 49.5 Å². The Bertz CT molecular complexity index is 744. The van der Waals surface area contributed by atoms with Crippen LogP contribution in [0.5, 0.6) is 0 Å². The van der Waals surface area contributed by atoms with Gasteiger partial charge in [0, 0.05) is 14.7 Å². The van der Waals surface area contributed by atoms with E-state index in [9.17, 15) is 0 Å². The smallest absolute Gasteiger partial charge is 0.398 e. The summed E-state index contributed by atoms with van der Waals surface area (Å²) >= 11 is 0. The van der Waals surface area contributed by atoms with Gasteiger partial charge in [-0.25, -0.2) is 0 Å². The van der Waals surface area contributed by atoms with Crippen LogP contribution < -0.4 is 10.4 Å². The third-order valence-electron chi connectivity index (χ3n) is 4.88. The molecule has 0 spiro atoms. The highest BCUT2D eigenvalue weighted by atomic mass is 28.5. The Morgan fingerprint density at radius 3 is 1.52 bits per heavy atom. The lowest BCUT2D eigenvalue weighted by Crippen LogP contribution is -2.68. The molecule has 2 rings (SSSR count). The molecular formula is C24H42O3Si4. The summed E-state index contributed by atoms with van der Waals surface area (Å²) in [4.78, 5) is 0. The largest absolute Gasteiger partial charge is 0.437 e. The molecule has 0 amide bonds. The van der Waals surface area contributed by atoms with Crippen LogP contribution in [0.3, 0.4) is 0 Å². The first-order chi connectivity index (χ1) is 14.3. The van der Waals surface area contributed by atoms with Crippen LogP contribution in [-0.4, -0.2) is 40.1 Å². The van der Waals surface area contributed by atoms with E-state index >= 15 is 0 Å². The number of hydrogen-bond donors (Lipinski definition) is 0. The van der Waals surface area contributed by atoms with Gasteiger partial charge in [0.25, 0.3) is 0 Å². The standard InChI is InChI=1S/C24H42O3Si4/c1-28(2,3)22-16-15-21-25-31(23-17-11-9-12-18-23,24-19-13-10-14-20-24)27-30(7,8)26-29(4,5)6/h9-14,17-20H,15-16,21-22H2,1-8H3. The monoisotopic (exact) mass is 490 g/mol. The van der Waals surface area contributed by atoms with Gasteiger partial charge < -0.3 is 12.7 Å². The molecule has 0 aliphatic rings. The molecule has 0 N–H and O–H groups in total. The van der Waals surface area contributed by atoms with E-state index in [2.05, 4.69) is 113 Å². The molecule has 31 heavy (non-hydrogen) atoms. The van der Waals surface area contributed by atoms with Crippen molar-refractivity contribution < 1.29 is 12.7 Å². The molecule has 0 unspecified atom stereocenters. The van der Waals surface area contributed by atoms with Crippen molar-refractivity contribution in [3.63, 3.8) is 0 Å². The summed E-state index contributed by atoms with van der Waals surface area (Å²) in [6.07, 6.45) is 2.29. The highest BCUT2D eigenvalue weighted by Crippen LogP contribution is 2.22. The minimum atomic E-state index is -2.91. The van der Waals surface area contributed by atoms with Crippen LogP contribution >= 0.6 is 0 Å². The van der Waals surface area contributed by atoms with Crippen molar-refractivity contribution in [1.82, 2.24) is 0 Å². The lowest BCUT2D eigenvalue weighted by Gasteiger charge is -2.40. The van der Waals surface area contributed by atoms with Crippen LogP contribution in [-0.2, 0) is 12.7 Å². The quantitative estimate of drug-likeness (QED) is 0.272. The lowest BCUT2D eigenvalue weighted by atomic mass is 10.4. The molecule has 0 bridgehead atoms. The van der Waals surface area contributed by atoms with Crippen molar-refractivity contribution in [3.05, 3.63) is 60.7 Å². The predicted molar refractivity (Wildman–Crippen MR) is 144 cm³/mol. The second kappa shape index (κ2) is 10.9. The van der Waals surface area contributed by atoms with Crippen LogP contribution in [0.25, 0.3) is 0 Å². The number of benzene rings is 2. The average molecular weight is 491 g/mol. The van der Waals surface area contributed by atoms with Gasteiger partial charge in [0.15, 0.2) is 8.32 Å². The maximum absolute atomic E-state index is 7.10. The fourth-order valence-electron chi connectivity index (χ4n) is 3.87. The van der Waals surface area contributed by atoms with E-state index in [0.717, 1.165) is 23.4 Å². The van der Waals surface area contributed by atoms with Gasteiger partial charge >= 0.3 is 17.1 Å². The van der Waals surface area contributed by atoms with Crippen molar-refractivity contribution in [2.75, 3.05) is 6.61 Å². The summed E-state index contributed by atoms with van der Waals surface area (Å²) < 4.78 is 20.6. The summed E-state index contributed by atoms with van der Waals surface area (Å²) in [5, 5.41) is 2.32. The van der Waals surface area contributed by atoms with E-state index in [1.165, 1.54) is 12.5 Å². The van der Waals surface area contributed by atoms with E-state index in [4.69, 9.17) is 12.7 Å². The van der Waals surface area contributed by atoms with E-state index in [1.54, 1.807) is 0 Å². The maximum atomic E-state index is 7.10. The Kier molecular flexibility index (Phi) is 9.27. The van der Waals surface area contributed by atoms with Gasteiger partial charge in [0.2, 0.25) is 0 Å². The van der Waals surface area contributed by atoms with Crippen LogP contribution in [0, 0.1) is 0 Å². The molecule has 0 saturated carbocycles. The molecule has 0 heterocycles. The predicted octanol–water partition coefficient (Wildman–Crippen LogP) is 5.95. The number of hydrogen-bond acceptors (Lipinski definition) is 3. The minimum Gasteiger partial charge on any atom is -0.437 e. The normalized spacial score (nSPS) is 13.4. The second-order valence-electron chi connectivity index (χ2n) is 10.9. The zero-order valence-corrected chi connectivity index (χ0v) is 24.8. The van der Waals surface area contributed by atoms with Crippen LogP contribution in [0.1, 0.15) is 12.8 Å². The summed E-state index contributed by atoms with van der Waals surface area (Å²) in [7, 11) is -8.12. The molecule has 0 saturated heterocycles. The van der Waals surface area contributed by atoms with Gasteiger partial charge in [-0.1, -0.05) is 92.8 Å². The Morgan fingerprint density at radius 1 is 0.613 bits per heavy atom. The fraction of sp³-hybridized carbons (Fsp3) is 0.500. The highest BCUT2D eigenvalue weighted by Gasteiger charge is 2.49. The fourth-order valence-corrected chi connectivity index (χ4v) is 17.9. The summed E-state index contributed by atoms with van der Waals surface area (Å²) in [5.74, 6) is 0. The first kappa shape index (κ1) is 26.4. The molecule has 0 fully saturated rings. The Hall–Kier alpha value is -0.812. The number of rotatable bonds is 12. The Balaban J connectivity index is 2.40. The zero-order valence-electron chi connectivity index (χ0n) is 20.8. The third-order valence-corrected chi connectivity index (χ3v) is 17.1. The molecule has 3 nitrogen and oxygen atoms in total. The van der Waals surface area contributed by atoms with Gasteiger partial charge in [0.05, 0.1) is 0 Å². The maximum Gasteiger partial charge on any atom is 0.398 e. The summed E-state index contributed by atoms with van der Waals surface area (Å²) in [6, 6.07) is 22.5. The molecule has 0 aliphatic carbocycles. The van der Waals surface area contributed by atoms with Crippen LogP contribution in [0.4, 0.5) is 0 Å². The molecule has 7 heteroatoms. The van der Waals surface area contributed by atoms with Gasteiger partial charge in [-0.2, -0.15) is 0 Å². The van der Waals surface area contributed by atoms with Crippen LogP contribution in [0.15, 0.2) is 60.7 Å². The molecular weight excluding hydrogens is 449 g/mol. The van der Waals surface area contributed by atoms with Gasteiger partial charge in [-0.15, -0.1) is 0 Å². The molecule has 0 radical (unpaired) electrons. The van der Waals surface area contributed by atoms with E-state index in [-0.39, 0.29) is 0 Å². The molecule has 172 valence electrons. The Morgan fingerprint density at radius 2 is 1.10 bits per heavy atom. The molecule has 2 aromatic rings. The van der Waals surface area contributed by atoms with E-state index < -0.39 is 33.5 Å². The van der Waals surface area contributed by atoms with Crippen molar-refractivity contribution in [2.45, 2.75) is 71.3 Å². The SMILES string of the molecule is C[Si](C)(C)CCCCO[Si](O[Si](C)(C)O[Si](C)(C)C)(c1ccccc1)c1ccccc1. The number of unbranched alkanes of at least 4 members (excludes halogenated alkanes) is 1. The van der Waals surface area contributed by atoms with E-state index in [0.29, 0.717) is 0 Å². The van der Waals surface area contributed by atoms with Crippen LogP contribution in [0.2, 0.25) is 58.4 Å². The van der Waals surface area contributed by atoms with E-state index in [1.807, 2.05) is 0 Å². The van der Waals surface area contributed by atoms with Crippen molar-refractivity contribution >= 4 is 43.9 Å². The molecule has 0 atom stereocenters. The van der Waals surface area contributed by atoms with Gasteiger partial charge in [-0.3, -0.25) is 0 Å². The first-order valence-corrected chi connectivity index (χ1v) is 23.2. The lowest BCUT2D eigenvalue weighted by molar-refractivity contribution is 0.238. The third kappa shape index (κ3) is 8.92. The average Bonchev–Trinajstić information content (AvgIpc) is 2.65. The van der Waals surface area contributed by atoms with Crippen molar-refractivity contribution in [2.24, 2.45) is 0 Å².